The van der Waals surface area contributed by atoms with E-state index in [1.165, 1.54) is 23.1 Å². The third-order valence-corrected chi connectivity index (χ3v) is 6.36. The SMILES string of the molecule is CCC(=O)N(c1nnc(SCc2nc(-c3ccccc3Cl)no2)s1)C1CC1. The Bertz CT molecular complexity index is 956. The van der Waals surface area contributed by atoms with E-state index in [1.807, 2.05) is 25.1 Å². The molecule has 1 aromatic carbocycles. The third kappa shape index (κ3) is 4.15. The van der Waals surface area contributed by atoms with Crippen molar-refractivity contribution in [3.8, 4) is 11.4 Å². The monoisotopic (exact) mass is 421 g/mol. The second kappa shape index (κ2) is 7.95. The second-order valence-electron chi connectivity index (χ2n) is 5.98. The van der Waals surface area contributed by atoms with Crippen LogP contribution < -0.4 is 4.90 Å². The predicted octanol–water partition coefficient (Wildman–Crippen LogP) is 4.44. The topological polar surface area (TPSA) is 85.0 Å². The van der Waals surface area contributed by atoms with Crippen LogP contribution in [0.1, 0.15) is 32.1 Å². The summed E-state index contributed by atoms with van der Waals surface area (Å²) >= 11 is 9.03. The van der Waals surface area contributed by atoms with Crippen molar-refractivity contribution in [2.45, 2.75) is 42.3 Å². The first-order chi connectivity index (χ1) is 13.2. The number of anilines is 1. The van der Waals surface area contributed by atoms with E-state index in [2.05, 4.69) is 20.3 Å². The fourth-order valence-electron chi connectivity index (χ4n) is 2.52. The molecule has 0 aliphatic heterocycles. The minimum absolute atomic E-state index is 0.0893. The highest BCUT2D eigenvalue weighted by Crippen LogP contribution is 2.37. The Morgan fingerprint density at radius 1 is 1.37 bits per heavy atom. The first kappa shape index (κ1) is 18.4. The number of carbonyl (C=O) groups excluding carboxylic acids is 1. The molecule has 0 radical (unpaired) electrons. The highest BCUT2D eigenvalue weighted by Gasteiger charge is 2.35. The molecule has 3 aromatic rings. The normalized spacial score (nSPS) is 13.7. The summed E-state index contributed by atoms with van der Waals surface area (Å²) in [6.45, 7) is 1.86. The smallest absolute Gasteiger partial charge is 0.237 e. The van der Waals surface area contributed by atoms with Crippen LogP contribution in [0.4, 0.5) is 5.13 Å². The Balaban J connectivity index is 1.42. The highest BCUT2D eigenvalue weighted by atomic mass is 35.5. The van der Waals surface area contributed by atoms with Crippen molar-refractivity contribution in [2.24, 2.45) is 0 Å². The highest BCUT2D eigenvalue weighted by molar-refractivity contribution is 8.00. The average Bonchev–Trinajstić information content (AvgIpc) is 3.20. The lowest BCUT2D eigenvalue weighted by Gasteiger charge is -2.17. The van der Waals surface area contributed by atoms with E-state index >= 15 is 0 Å². The molecule has 1 aliphatic rings. The van der Waals surface area contributed by atoms with Gasteiger partial charge >= 0.3 is 0 Å². The molecule has 1 fully saturated rings. The van der Waals surface area contributed by atoms with Crippen LogP contribution >= 0.6 is 34.7 Å². The molecule has 1 aliphatic carbocycles. The van der Waals surface area contributed by atoms with Gasteiger partial charge in [0.25, 0.3) is 0 Å². The van der Waals surface area contributed by atoms with Crippen molar-refractivity contribution in [1.29, 1.82) is 0 Å². The predicted molar refractivity (Wildman–Crippen MR) is 105 cm³/mol. The Kier molecular flexibility index (Phi) is 5.42. The summed E-state index contributed by atoms with van der Waals surface area (Å²) in [4.78, 5) is 18.3. The number of nitrogens with zero attached hydrogens (tertiary/aromatic N) is 5. The zero-order chi connectivity index (χ0) is 18.8. The summed E-state index contributed by atoms with van der Waals surface area (Å²) in [5.41, 5.74) is 0.732. The molecule has 27 heavy (non-hydrogen) atoms. The van der Waals surface area contributed by atoms with E-state index in [4.69, 9.17) is 16.1 Å². The molecule has 0 bridgehead atoms. The molecule has 0 unspecified atom stereocenters. The number of hydrogen-bond acceptors (Lipinski definition) is 8. The number of rotatable bonds is 7. The van der Waals surface area contributed by atoms with E-state index in [0.29, 0.717) is 34.0 Å². The molecule has 10 heteroatoms. The quantitative estimate of drug-likeness (QED) is 0.411. The van der Waals surface area contributed by atoms with Crippen molar-refractivity contribution in [2.75, 3.05) is 4.90 Å². The van der Waals surface area contributed by atoms with Gasteiger partial charge in [0.2, 0.25) is 22.8 Å². The van der Waals surface area contributed by atoms with Crippen LogP contribution in [0, 0.1) is 0 Å². The van der Waals surface area contributed by atoms with Gasteiger partial charge in [-0.2, -0.15) is 4.98 Å². The van der Waals surface area contributed by atoms with Crippen molar-refractivity contribution in [1.82, 2.24) is 20.3 Å². The first-order valence-electron chi connectivity index (χ1n) is 8.51. The molecule has 0 N–H and O–H groups in total. The summed E-state index contributed by atoms with van der Waals surface area (Å²) in [7, 11) is 0. The van der Waals surface area contributed by atoms with Crippen LogP contribution in [-0.4, -0.2) is 32.3 Å². The molecule has 140 valence electrons. The molecule has 0 spiro atoms. The number of halogens is 1. The van der Waals surface area contributed by atoms with E-state index in [9.17, 15) is 4.79 Å². The first-order valence-corrected chi connectivity index (χ1v) is 10.7. The Hall–Kier alpha value is -1.97. The molecule has 0 saturated heterocycles. The van der Waals surface area contributed by atoms with Crippen molar-refractivity contribution < 1.29 is 9.32 Å². The lowest BCUT2D eigenvalue weighted by Crippen LogP contribution is -2.32. The minimum atomic E-state index is 0.0893. The van der Waals surface area contributed by atoms with Crippen LogP contribution in [-0.2, 0) is 10.5 Å². The van der Waals surface area contributed by atoms with E-state index in [0.717, 1.165) is 22.7 Å². The van der Waals surface area contributed by atoms with Gasteiger partial charge in [0.1, 0.15) is 0 Å². The maximum atomic E-state index is 12.2. The minimum Gasteiger partial charge on any atom is -0.338 e. The lowest BCUT2D eigenvalue weighted by atomic mass is 10.2. The zero-order valence-corrected chi connectivity index (χ0v) is 16.9. The van der Waals surface area contributed by atoms with Crippen LogP contribution in [0.15, 0.2) is 33.1 Å². The van der Waals surface area contributed by atoms with E-state index in [-0.39, 0.29) is 11.9 Å². The summed E-state index contributed by atoms with van der Waals surface area (Å²) in [5, 5.41) is 13.6. The van der Waals surface area contributed by atoms with Crippen LogP contribution in [0.3, 0.4) is 0 Å². The summed E-state index contributed by atoms with van der Waals surface area (Å²) in [5.74, 6) is 1.50. The third-order valence-electron chi connectivity index (χ3n) is 3.99. The maximum absolute atomic E-state index is 12.2. The number of benzene rings is 1. The molecule has 0 atom stereocenters. The number of aromatic nitrogens is 4. The van der Waals surface area contributed by atoms with Gasteiger partial charge in [-0.1, -0.05) is 58.9 Å². The Labute approximate surface area is 169 Å². The lowest BCUT2D eigenvalue weighted by molar-refractivity contribution is -0.118. The molecule has 1 saturated carbocycles. The number of thioether (sulfide) groups is 1. The van der Waals surface area contributed by atoms with Crippen molar-refractivity contribution >= 4 is 45.7 Å². The van der Waals surface area contributed by atoms with Crippen LogP contribution in [0.2, 0.25) is 5.02 Å². The number of hydrogen-bond donors (Lipinski definition) is 0. The molecular formula is C17H16ClN5O2S2. The Morgan fingerprint density at radius 2 is 2.19 bits per heavy atom. The van der Waals surface area contributed by atoms with E-state index < -0.39 is 0 Å². The summed E-state index contributed by atoms with van der Waals surface area (Å²) < 4.78 is 6.07. The van der Waals surface area contributed by atoms with Gasteiger partial charge in [-0.25, -0.2) is 0 Å². The Morgan fingerprint density at radius 3 is 2.93 bits per heavy atom. The summed E-state index contributed by atoms with van der Waals surface area (Å²) in [6, 6.07) is 7.63. The van der Waals surface area contributed by atoms with Gasteiger partial charge in [-0.15, -0.1) is 10.2 Å². The fraction of sp³-hybridized carbons (Fsp3) is 0.353. The van der Waals surface area contributed by atoms with E-state index in [1.54, 1.807) is 11.0 Å². The average molecular weight is 422 g/mol. The molecule has 7 nitrogen and oxygen atoms in total. The van der Waals surface area contributed by atoms with Crippen LogP contribution in [0.5, 0.6) is 0 Å². The number of carbonyl (C=O) groups is 1. The summed E-state index contributed by atoms with van der Waals surface area (Å²) in [6.07, 6.45) is 2.52. The van der Waals surface area contributed by atoms with Crippen molar-refractivity contribution in [3.63, 3.8) is 0 Å². The van der Waals surface area contributed by atoms with Crippen LogP contribution in [0.25, 0.3) is 11.4 Å². The molecule has 1 amide bonds. The maximum Gasteiger partial charge on any atom is 0.237 e. The van der Waals surface area contributed by atoms with Gasteiger partial charge in [-0.05, 0) is 25.0 Å². The van der Waals surface area contributed by atoms with Gasteiger partial charge in [-0.3, -0.25) is 9.69 Å². The molecule has 2 aromatic heterocycles. The standard InChI is InChI=1S/C17H16ClN5O2S2/c1-2-14(24)23(10-7-8-10)16-20-21-17(27-16)26-9-13-19-15(22-25-13)11-5-3-4-6-12(11)18/h3-6,10H,2,7-9H2,1H3. The van der Waals surface area contributed by atoms with Gasteiger partial charge < -0.3 is 4.52 Å². The van der Waals surface area contributed by atoms with Crippen molar-refractivity contribution in [3.05, 3.63) is 35.2 Å². The molecular weight excluding hydrogens is 406 g/mol. The molecule has 4 rings (SSSR count). The van der Waals surface area contributed by atoms with Gasteiger partial charge in [0, 0.05) is 18.0 Å². The van der Waals surface area contributed by atoms with Gasteiger partial charge in [0.05, 0.1) is 10.8 Å². The fourth-order valence-corrected chi connectivity index (χ4v) is 4.50. The zero-order valence-electron chi connectivity index (χ0n) is 14.5. The number of amides is 1. The van der Waals surface area contributed by atoms with Gasteiger partial charge in [0.15, 0.2) is 4.34 Å². The largest absolute Gasteiger partial charge is 0.338 e. The molecule has 2 heterocycles. The second-order valence-corrected chi connectivity index (χ2v) is 8.56.